The first kappa shape index (κ1) is 13.3. The van der Waals surface area contributed by atoms with Crippen molar-refractivity contribution < 1.29 is 8.42 Å². The Kier molecular flexibility index (Phi) is 3.31. The molecule has 4 nitrogen and oxygen atoms in total. The molecule has 0 amide bonds. The number of halogens is 1. The fourth-order valence-corrected chi connectivity index (χ4v) is 3.87. The molecule has 0 unspecified atom stereocenters. The van der Waals surface area contributed by atoms with Gasteiger partial charge in [-0.15, -0.1) is 0 Å². The van der Waals surface area contributed by atoms with Crippen molar-refractivity contribution in [1.82, 2.24) is 0 Å². The molecule has 1 N–H and O–H groups in total. The molecule has 0 aromatic heterocycles. The van der Waals surface area contributed by atoms with Crippen molar-refractivity contribution in [2.75, 3.05) is 15.6 Å². The highest BCUT2D eigenvalue weighted by molar-refractivity contribution is 7.94. The lowest BCUT2D eigenvalue weighted by atomic mass is 10.2. The third kappa shape index (κ3) is 2.34. The Balaban J connectivity index is 1.93. The van der Waals surface area contributed by atoms with E-state index >= 15 is 0 Å². The predicted molar refractivity (Wildman–Crippen MR) is 81.5 cm³/mol. The van der Waals surface area contributed by atoms with E-state index in [-0.39, 0.29) is 0 Å². The van der Waals surface area contributed by atoms with E-state index in [1.54, 1.807) is 24.3 Å². The van der Waals surface area contributed by atoms with Crippen molar-refractivity contribution in [3.8, 4) is 0 Å². The molecule has 1 aliphatic heterocycles. The van der Waals surface area contributed by atoms with Crippen LogP contribution in [0.4, 0.5) is 11.4 Å². The molecule has 0 fully saturated rings. The summed E-state index contributed by atoms with van der Waals surface area (Å²) in [4.78, 5) is 0. The Labute approximate surface area is 123 Å². The minimum atomic E-state index is -3.65. The molecule has 0 spiro atoms. The van der Waals surface area contributed by atoms with E-state index in [2.05, 4.69) is 4.72 Å². The third-order valence-electron chi connectivity index (χ3n) is 3.25. The molecule has 1 heterocycles. The van der Waals surface area contributed by atoms with Crippen LogP contribution in [0.3, 0.4) is 0 Å². The number of hydrogen-bond acceptors (Lipinski definition) is 2. The van der Waals surface area contributed by atoms with E-state index < -0.39 is 10.2 Å². The first-order valence-corrected chi connectivity index (χ1v) is 8.03. The first-order valence-electron chi connectivity index (χ1n) is 6.21. The van der Waals surface area contributed by atoms with Crippen LogP contribution in [0.5, 0.6) is 0 Å². The second-order valence-electron chi connectivity index (χ2n) is 4.54. The average molecular weight is 309 g/mol. The summed E-state index contributed by atoms with van der Waals surface area (Å²) in [7, 11) is -3.65. The summed E-state index contributed by atoms with van der Waals surface area (Å²) in [6.45, 7) is 0.444. The summed E-state index contributed by atoms with van der Waals surface area (Å²) in [6.07, 6.45) is 0.722. The highest BCUT2D eigenvalue weighted by Gasteiger charge is 2.29. The largest absolute Gasteiger partial charge is 0.324 e. The minimum Gasteiger partial charge on any atom is -0.265 e. The molecule has 3 rings (SSSR count). The second kappa shape index (κ2) is 5.00. The molecule has 1 aliphatic rings. The highest BCUT2D eigenvalue weighted by atomic mass is 35.5. The number of nitrogens with zero attached hydrogens (tertiary/aromatic N) is 1. The lowest BCUT2D eigenvalue weighted by molar-refractivity contribution is 0.597. The Morgan fingerprint density at radius 2 is 1.75 bits per heavy atom. The van der Waals surface area contributed by atoms with Crippen LogP contribution >= 0.6 is 11.6 Å². The van der Waals surface area contributed by atoms with Gasteiger partial charge in [0.25, 0.3) is 0 Å². The molecular formula is C14H13ClN2O2S. The molecule has 2 aromatic rings. The zero-order chi connectivity index (χ0) is 14.2. The van der Waals surface area contributed by atoms with Gasteiger partial charge in [-0.3, -0.25) is 9.03 Å². The number of benzene rings is 2. The Morgan fingerprint density at radius 3 is 2.55 bits per heavy atom. The smallest absolute Gasteiger partial charge is 0.265 e. The van der Waals surface area contributed by atoms with E-state index in [1.807, 2.05) is 24.3 Å². The van der Waals surface area contributed by atoms with Crippen LogP contribution < -0.4 is 9.03 Å². The van der Waals surface area contributed by atoms with Crippen molar-refractivity contribution in [3.05, 3.63) is 59.1 Å². The van der Waals surface area contributed by atoms with Crippen molar-refractivity contribution >= 4 is 33.2 Å². The van der Waals surface area contributed by atoms with Gasteiger partial charge in [0, 0.05) is 6.54 Å². The van der Waals surface area contributed by atoms with Crippen molar-refractivity contribution in [3.63, 3.8) is 0 Å². The number of nitrogens with one attached hydrogen (secondary N) is 1. The van der Waals surface area contributed by atoms with Gasteiger partial charge in [0.1, 0.15) is 0 Å². The minimum absolute atomic E-state index is 0.378. The molecule has 6 heteroatoms. The standard InChI is InChI=1S/C14H13ClN2O2S/c15-12-6-2-3-7-13(12)16-20(18,19)17-10-9-11-5-1-4-8-14(11)17/h1-8,16H,9-10H2. The molecule has 0 saturated heterocycles. The van der Waals surface area contributed by atoms with Gasteiger partial charge in [-0.05, 0) is 30.2 Å². The lowest BCUT2D eigenvalue weighted by Crippen LogP contribution is -2.34. The van der Waals surface area contributed by atoms with E-state index in [0.717, 1.165) is 17.7 Å². The quantitative estimate of drug-likeness (QED) is 0.947. The van der Waals surface area contributed by atoms with Crippen LogP contribution in [0.2, 0.25) is 5.02 Å². The summed E-state index contributed by atoms with van der Waals surface area (Å²) in [5.74, 6) is 0. The summed E-state index contributed by atoms with van der Waals surface area (Å²) in [5.41, 5.74) is 2.16. The maximum atomic E-state index is 12.5. The Bertz CT molecular complexity index is 746. The molecule has 0 saturated carbocycles. The van der Waals surface area contributed by atoms with Crippen molar-refractivity contribution in [1.29, 1.82) is 0 Å². The number of hydrogen-bond donors (Lipinski definition) is 1. The van der Waals surface area contributed by atoms with Crippen LogP contribution in [-0.4, -0.2) is 15.0 Å². The third-order valence-corrected chi connectivity index (χ3v) is 5.01. The van der Waals surface area contributed by atoms with Gasteiger partial charge in [-0.1, -0.05) is 41.9 Å². The fraction of sp³-hybridized carbons (Fsp3) is 0.143. The summed E-state index contributed by atoms with van der Waals surface area (Å²) < 4.78 is 28.9. The summed E-state index contributed by atoms with van der Waals surface area (Å²) >= 11 is 5.99. The molecular weight excluding hydrogens is 296 g/mol. The molecule has 104 valence electrons. The van der Waals surface area contributed by atoms with E-state index in [0.29, 0.717) is 17.3 Å². The number of para-hydroxylation sites is 2. The maximum absolute atomic E-state index is 12.5. The topological polar surface area (TPSA) is 49.4 Å². The van der Waals surface area contributed by atoms with Gasteiger partial charge in [-0.2, -0.15) is 8.42 Å². The highest BCUT2D eigenvalue weighted by Crippen LogP contribution is 2.31. The van der Waals surface area contributed by atoms with Gasteiger partial charge in [-0.25, -0.2) is 0 Å². The van der Waals surface area contributed by atoms with Gasteiger partial charge in [0.2, 0.25) is 0 Å². The van der Waals surface area contributed by atoms with Crippen molar-refractivity contribution in [2.24, 2.45) is 0 Å². The van der Waals surface area contributed by atoms with Crippen LogP contribution in [-0.2, 0) is 16.6 Å². The van der Waals surface area contributed by atoms with Crippen molar-refractivity contribution in [2.45, 2.75) is 6.42 Å². The molecule has 0 aliphatic carbocycles. The first-order chi connectivity index (χ1) is 9.58. The van der Waals surface area contributed by atoms with Crippen LogP contribution in [0.15, 0.2) is 48.5 Å². The molecule has 0 radical (unpaired) electrons. The van der Waals surface area contributed by atoms with Crippen LogP contribution in [0, 0.1) is 0 Å². The zero-order valence-corrected chi connectivity index (χ0v) is 12.2. The normalized spacial score (nSPS) is 14.2. The number of anilines is 2. The fourth-order valence-electron chi connectivity index (χ4n) is 2.30. The number of rotatable bonds is 3. The average Bonchev–Trinajstić information content (AvgIpc) is 2.86. The van der Waals surface area contributed by atoms with Gasteiger partial charge in [0.15, 0.2) is 0 Å². The molecule has 0 bridgehead atoms. The molecule has 20 heavy (non-hydrogen) atoms. The van der Waals surface area contributed by atoms with E-state index in [4.69, 9.17) is 11.6 Å². The predicted octanol–water partition coefficient (Wildman–Crippen LogP) is 3.06. The van der Waals surface area contributed by atoms with E-state index in [1.165, 1.54) is 4.31 Å². The zero-order valence-electron chi connectivity index (χ0n) is 10.6. The summed E-state index contributed by atoms with van der Waals surface area (Å²) in [5, 5.41) is 0.378. The van der Waals surface area contributed by atoms with Gasteiger partial charge in [0.05, 0.1) is 16.4 Å². The Hall–Kier alpha value is -1.72. The SMILES string of the molecule is O=S(=O)(Nc1ccccc1Cl)N1CCc2ccccc21. The van der Waals surface area contributed by atoms with Crippen LogP contribution in [0.25, 0.3) is 0 Å². The van der Waals surface area contributed by atoms with Crippen LogP contribution in [0.1, 0.15) is 5.56 Å². The van der Waals surface area contributed by atoms with E-state index in [9.17, 15) is 8.42 Å². The monoisotopic (exact) mass is 308 g/mol. The Morgan fingerprint density at radius 1 is 1.05 bits per heavy atom. The second-order valence-corrected chi connectivity index (χ2v) is 6.54. The van der Waals surface area contributed by atoms with Gasteiger partial charge < -0.3 is 0 Å². The summed E-state index contributed by atoms with van der Waals surface area (Å²) in [6, 6.07) is 14.3. The molecule has 0 atom stereocenters. The lowest BCUT2D eigenvalue weighted by Gasteiger charge is -2.20. The van der Waals surface area contributed by atoms with Gasteiger partial charge >= 0.3 is 10.2 Å². The molecule has 2 aromatic carbocycles. The number of fused-ring (bicyclic) bond motifs is 1. The maximum Gasteiger partial charge on any atom is 0.324 e.